The molecule has 4 rings (SSSR count). The van der Waals surface area contributed by atoms with Gasteiger partial charge < -0.3 is 9.47 Å². The Balaban J connectivity index is 1.72. The van der Waals surface area contributed by atoms with Gasteiger partial charge in [0.15, 0.2) is 0 Å². The number of nitrogens with zero attached hydrogens (tertiary/aromatic N) is 1. The first-order valence-electron chi connectivity index (χ1n) is 7.57. The van der Waals surface area contributed by atoms with Gasteiger partial charge in [-0.3, -0.25) is 14.4 Å². The van der Waals surface area contributed by atoms with Crippen molar-refractivity contribution in [3.63, 3.8) is 0 Å². The molecule has 2 saturated heterocycles. The van der Waals surface area contributed by atoms with Gasteiger partial charge in [0.1, 0.15) is 18.0 Å². The number of ether oxygens (including phenoxy) is 2. The molecule has 1 aromatic carbocycles. The summed E-state index contributed by atoms with van der Waals surface area (Å²) in [4.78, 5) is 37.6. The molecule has 6 nitrogen and oxygen atoms in total. The van der Waals surface area contributed by atoms with Gasteiger partial charge >= 0.3 is 5.97 Å². The van der Waals surface area contributed by atoms with Crippen LogP contribution >= 0.6 is 0 Å². The number of esters is 1. The minimum Gasteiger partial charge on any atom is -0.462 e. The Kier molecular flexibility index (Phi) is 3.11. The summed E-state index contributed by atoms with van der Waals surface area (Å²) in [7, 11) is 0. The Hall–Kier alpha value is -2.54. The maximum atomic E-state index is 14.1. The molecule has 3 heterocycles. The molecule has 0 aromatic heterocycles. The third-order valence-electron chi connectivity index (χ3n) is 4.75. The molecule has 0 unspecified atom stereocenters. The number of para-hydroxylation sites is 1. The van der Waals surface area contributed by atoms with Gasteiger partial charge in [-0.25, -0.2) is 9.29 Å². The van der Waals surface area contributed by atoms with Gasteiger partial charge in [-0.2, -0.15) is 0 Å². The second-order valence-corrected chi connectivity index (χ2v) is 6.14. The van der Waals surface area contributed by atoms with Crippen molar-refractivity contribution < 1.29 is 28.2 Å². The van der Waals surface area contributed by atoms with E-state index in [1.165, 1.54) is 25.1 Å². The summed E-state index contributed by atoms with van der Waals surface area (Å²) < 4.78 is 24.9. The molecule has 124 valence electrons. The lowest BCUT2D eigenvalue weighted by Crippen LogP contribution is -2.44. The van der Waals surface area contributed by atoms with Crippen LogP contribution in [0.3, 0.4) is 0 Å². The number of anilines is 1. The predicted octanol–water partition coefficient (Wildman–Crippen LogP) is 1.20. The summed E-state index contributed by atoms with van der Waals surface area (Å²) in [5.74, 6) is -3.72. The fourth-order valence-corrected chi connectivity index (χ4v) is 3.75. The van der Waals surface area contributed by atoms with E-state index in [9.17, 15) is 18.8 Å². The maximum Gasteiger partial charge on any atom is 0.302 e. The second-order valence-electron chi connectivity index (χ2n) is 6.14. The van der Waals surface area contributed by atoms with Crippen LogP contribution in [0.2, 0.25) is 0 Å². The van der Waals surface area contributed by atoms with Crippen LogP contribution in [0.15, 0.2) is 36.4 Å². The van der Waals surface area contributed by atoms with Gasteiger partial charge in [0, 0.05) is 6.92 Å². The van der Waals surface area contributed by atoms with E-state index in [0.717, 1.165) is 4.90 Å². The van der Waals surface area contributed by atoms with Crippen LogP contribution in [0.5, 0.6) is 0 Å². The Morgan fingerprint density at radius 3 is 2.79 bits per heavy atom. The molecule has 0 aliphatic carbocycles. The van der Waals surface area contributed by atoms with Gasteiger partial charge in [0.05, 0.1) is 23.6 Å². The minimum atomic E-state index is -1.16. The summed E-state index contributed by atoms with van der Waals surface area (Å²) in [6.45, 7) is 1.10. The molecule has 0 saturated carbocycles. The van der Waals surface area contributed by atoms with Crippen molar-refractivity contribution in [1.82, 2.24) is 0 Å². The van der Waals surface area contributed by atoms with Crippen LogP contribution in [0.4, 0.5) is 10.1 Å². The van der Waals surface area contributed by atoms with E-state index in [2.05, 4.69) is 0 Å². The van der Waals surface area contributed by atoms with Crippen LogP contribution in [0, 0.1) is 17.7 Å². The predicted molar refractivity (Wildman–Crippen MR) is 79.3 cm³/mol. The summed E-state index contributed by atoms with van der Waals surface area (Å²) in [6, 6.07) is 5.63. The van der Waals surface area contributed by atoms with E-state index in [1.807, 2.05) is 0 Å². The van der Waals surface area contributed by atoms with E-state index in [4.69, 9.17) is 9.47 Å². The highest BCUT2D eigenvalue weighted by Gasteiger charge is 2.68. The van der Waals surface area contributed by atoms with E-state index >= 15 is 0 Å². The number of benzene rings is 1. The first-order chi connectivity index (χ1) is 11.4. The first kappa shape index (κ1) is 15.0. The Labute approximate surface area is 136 Å². The normalized spacial score (nSPS) is 33.2. The average Bonchev–Trinajstić information content (AvgIpc) is 3.18. The fraction of sp³-hybridized carbons (Fsp3) is 0.353. The molecule has 4 atom stereocenters. The van der Waals surface area contributed by atoms with Gasteiger partial charge in [-0.1, -0.05) is 18.2 Å². The van der Waals surface area contributed by atoms with Crippen molar-refractivity contribution in [3.05, 3.63) is 42.2 Å². The van der Waals surface area contributed by atoms with Crippen LogP contribution in [-0.2, 0) is 23.9 Å². The van der Waals surface area contributed by atoms with E-state index in [-0.39, 0.29) is 12.3 Å². The minimum absolute atomic E-state index is 0.0658. The van der Waals surface area contributed by atoms with Crippen LogP contribution < -0.4 is 4.90 Å². The topological polar surface area (TPSA) is 72.9 Å². The zero-order valence-electron chi connectivity index (χ0n) is 12.8. The van der Waals surface area contributed by atoms with E-state index in [0.29, 0.717) is 0 Å². The van der Waals surface area contributed by atoms with Crippen molar-refractivity contribution in [1.29, 1.82) is 0 Å². The van der Waals surface area contributed by atoms with Crippen molar-refractivity contribution in [2.75, 3.05) is 11.5 Å². The molecule has 2 bridgehead atoms. The monoisotopic (exact) mass is 331 g/mol. The van der Waals surface area contributed by atoms with Crippen molar-refractivity contribution >= 4 is 23.5 Å². The van der Waals surface area contributed by atoms with Crippen molar-refractivity contribution in [2.24, 2.45) is 11.8 Å². The number of rotatable bonds is 3. The Morgan fingerprint density at radius 1 is 1.33 bits per heavy atom. The number of imide groups is 1. The quantitative estimate of drug-likeness (QED) is 0.473. The van der Waals surface area contributed by atoms with Gasteiger partial charge in [0.25, 0.3) is 0 Å². The Bertz CT molecular complexity index is 791. The highest BCUT2D eigenvalue weighted by atomic mass is 19.1. The molecule has 0 radical (unpaired) electrons. The van der Waals surface area contributed by atoms with Crippen LogP contribution in [0.25, 0.3) is 0 Å². The van der Waals surface area contributed by atoms with Gasteiger partial charge in [-0.15, -0.1) is 0 Å². The van der Waals surface area contributed by atoms with Crippen molar-refractivity contribution in [2.45, 2.75) is 18.6 Å². The third-order valence-corrected chi connectivity index (χ3v) is 4.75. The molecule has 24 heavy (non-hydrogen) atoms. The zero-order chi connectivity index (χ0) is 17.1. The molecule has 2 fully saturated rings. The van der Waals surface area contributed by atoms with E-state index < -0.39 is 47.1 Å². The number of hydrogen-bond donors (Lipinski definition) is 0. The fourth-order valence-electron chi connectivity index (χ4n) is 3.75. The summed E-state index contributed by atoms with van der Waals surface area (Å²) >= 11 is 0. The third kappa shape index (κ3) is 1.88. The maximum absolute atomic E-state index is 14.1. The first-order valence-corrected chi connectivity index (χ1v) is 7.57. The SMILES string of the molecule is CC(=O)OC[C@@]12C=C[C@@H](O1)[C@H]1C(=O)N(c3ccccc3F)C(=O)[C@H]12. The number of amides is 2. The molecule has 1 aromatic rings. The van der Waals surface area contributed by atoms with Crippen LogP contribution in [0.1, 0.15) is 6.92 Å². The number of hydrogen-bond acceptors (Lipinski definition) is 5. The average molecular weight is 331 g/mol. The summed E-state index contributed by atoms with van der Waals surface area (Å²) in [5.41, 5.74) is -1.22. The Morgan fingerprint density at radius 2 is 2.08 bits per heavy atom. The van der Waals surface area contributed by atoms with Gasteiger partial charge in [0.2, 0.25) is 11.8 Å². The largest absolute Gasteiger partial charge is 0.462 e. The highest BCUT2D eigenvalue weighted by molar-refractivity contribution is 6.23. The molecule has 3 aliphatic heterocycles. The molecule has 0 N–H and O–H groups in total. The summed E-state index contributed by atoms with van der Waals surface area (Å²) in [5, 5.41) is 0. The molecular formula is C17H14FNO5. The summed E-state index contributed by atoms with van der Waals surface area (Å²) in [6.07, 6.45) is 2.79. The smallest absolute Gasteiger partial charge is 0.302 e. The lowest BCUT2D eigenvalue weighted by Gasteiger charge is -2.28. The molecular weight excluding hydrogens is 317 g/mol. The molecule has 3 aliphatic rings. The number of carbonyl (C=O) groups is 3. The zero-order valence-corrected chi connectivity index (χ0v) is 12.8. The van der Waals surface area contributed by atoms with Crippen LogP contribution in [-0.4, -0.2) is 36.1 Å². The van der Waals surface area contributed by atoms with Crippen molar-refractivity contribution in [3.8, 4) is 0 Å². The molecule has 0 spiro atoms. The van der Waals surface area contributed by atoms with Gasteiger partial charge in [-0.05, 0) is 18.2 Å². The standard InChI is InChI=1S/C17H14FNO5/c1-9(20)23-8-17-7-6-12(24-17)13-14(17)16(22)19(15(13)21)11-5-3-2-4-10(11)18/h2-7,12-14H,8H2,1H3/t12-,13-,14+,17-/m1/s1. The lowest BCUT2D eigenvalue weighted by atomic mass is 9.77. The van der Waals surface area contributed by atoms with E-state index in [1.54, 1.807) is 18.2 Å². The number of carbonyl (C=O) groups excluding carboxylic acids is 3. The highest BCUT2D eigenvalue weighted by Crippen LogP contribution is 2.52. The number of halogens is 1. The molecule has 7 heteroatoms. The number of fused-ring (bicyclic) bond motifs is 5. The lowest BCUT2D eigenvalue weighted by molar-refractivity contribution is -0.150. The molecule has 2 amide bonds. The second kappa shape index (κ2) is 4.98.